The first kappa shape index (κ1) is 16.4. The van der Waals surface area contributed by atoms with Gasteiger partial charge in [-0.2, -0.15) is 0 Å². The summed E-state index contributed by atoms with van der Waals surface area (Å²) < 4.78 is 0. The summed E-state index contributed by atoms with van der Waals surface area (Å²) in [6.07, 6.45) is 2.68. The van der Waals surface area contributed by atoms with Crippen LogP contribution in [0.2, 0.25) is 0 Å². The van der Waals surface area contributed by atoms with Crippen LogP contribution in [0.5, 0.6) is 0 Å². The predicted octanol–water partition coefficient (Wildman–Crippen LogP) is 4.37. The first-order valence-electron chi connectivity index (χ1n) is 8.54. The van der Waals surface area contributed by atoms with Gasteiger partial charge >= 0.3 is 0 Å². The monoisotopic (exact) mass is 288 g/mol. The van der Waals surface area contributed by atoms with Crippen molar-refractivity contribution >= 4 is 5.69 Å². The maximum Gasteiger partial charge on any atom is 0.0414 e. The highest BCUT2D eigenvalue weighted by molar-refractivity contribution is 5.56. The van der Waals surface area contributed by atoms with Crippen molar-refractivity contribution in [3.05, 3.63) is 29.3 Å². The minimum atomic E-state index is 0.660. The van der Waals surface area contributed by atoms with E-state index >= 15 is 0 Å². The molecule has 1 aromatic rings. The molecular formula is C19H32N2. The maximum atomic E-state index is 3.61. The van der Waals surface area contributed by atoms with Crippen LogP contribution >= 0.6 is 0 Å². The van der Waals surface area contributed by atoms with E-state index in [1.807, 2.05) is 0 Å². The second-order valence-electron chi connectivity index (χ2n) is 7.34. The summed E-state index contributed by atoms with van der Waals surface area (Å²) in [5, 5.41) is 3.61. The molecule has 0 aliphatic carbocycles. The van der Waals surface area contributed by atoms with Crippen LogP contribution in [0.15, 0.2) is 18.2 Å². The number of benzene rings is 1. The molecule has 2 nitrogen and oxygen atoms in total. The topological polar surface area (TPSA) is 15.3 Å². The molecule has 0 aromatic heterocycles. The Balaban J connectivity index is 2.17. The summed E-state index contributed by atoms with van der Waals surface area (Å²) in [6, 6.07) is 7.60. The minimum absolute atomic E-state index is 0.660. The predicted molar refractivity (Wildman–Crippen MR) is 92.9 cm³/mol. The zero-order chi connectivity index (χ0) is 15.4. The van der Waals surface area contributed by atoms with Crippen LogP contribution in [-0.4, -0.2) is 19.1 Å². The average Bonchev–Trinajstić information content (AvgIpc) is 2.42. The number of piperidine rings is 1. The minimum Gasteiger partial charge on any atom is -0.368 e. The number of nitrogens with zero attached hydrogens (tertiary/aromatic N) is 1. The van der Waals surface area contributed by atoms with E-state index in [1.165, 1.54) is 36.2 Å². The number of hydrogen-bond donors (Lipinski definition) is 1. The highest BCUT2D eigenvalue weighted by Gasteiger charge is 2.24. The SMILES string of the molecule is Cc1ccc(N2CC(C)CCC2C)c(CNCC(C)C)c1. The van der Waals surface area contributed by atoms with E-state index < -0.39 is 0 Å². The molecule has 1 saturated heterocycles. The van der Waals surface area contributed by atoms with E-state index in [1.54, 1.807) is 0 Å². The van der Waals surface area contributed by atoms with Gasteiger partial charge in [0.25, 0.3) is 0 Å². The van der Waals surface area contributed by atoms with Crippen molar-refractivity contribution in [2.24, 2.45) is 11.8 Å². The Labute approximate surface area is 130 Å². The number of anilines is 1. The van der Waals surface area contributed by atoms with Gasteiger partial charge in [-0.1, -0.05) is 38.5 Å². The molecule has 1 aromatic carbocycles. The molecule has 0 saturated carbocycles. The molecule has 0 amide bonds. The molecule has 2 rings (SSSR count). The normalized spacial score (nSPS) is 22.9. The summed E-state index contributed by atoms with van der Waals surface area (Å²) in [6.45, 7) is 14.7. The van der Waals surface area contributed by atoms with E-state index in [2.05, 4.69) is 63.0 Å². The van der Waals surface area contributed by atoms with Crippen molar-refractivity contribution in [2.75, 3.05) is 18.0 Å². The Kier molecular flexibility index (Phi) is 5.69. The van der Waals surface area contributed by atoms with E-state index in [9.17, 15) is 0 Å². The highest BCUT2D eigenvalue weighted by Crippen LogP contribution is 2.30. The van der Waals surface area contributed by atoms with Gasteiger partial charge in [-0.25, -0.2) is 0 Å². The fraction of sp³-hybridized carbons (Fsp3) is 0.684. The third-order valence-corrected chi connectivity index (χ3v) is 4.53. The second kappa shape index (κ2) is 7.31. The van der Waals surface area contributed by atoms with Crippen molar-refractivity contribution < 1.29 is 0 Å². The molecule has 0 radical (unpaired) electrons. The lowest BCUT2D eigenvalue weighted by Gasteiger charge is -2.39. The van der Waals surface area contributed by atoms with Gasteiger partial charge in [0.15, 0.2) is 0 Å². The van der Waals surface area contributed by atoms with E-state index in [0.29, 0.717) is 12.0 Å². The first-order valence-corrected chi connectivity index (χ1v) is 8.54. The van der Waals surface area contributed by atoms with Crippen molar-refractivity contribution in [1.82, 2.24) is 5.32 Å². The Hall–Kier alpha value is -1.02. The van der Waals surface area contributed by atoms with Crippen molar-refractivity contribution in [3.63, 3.8) is 0 Å². The van der Waals surface area contributed by atoms with Gasteiger partial charge in [0, 0.05) is 24.8 Å². The molecule has 21 heavy (non-hydrogen) atoms. The van der Waals surface area contributed by atoms with Gasteiger partial charge in [0.2, 0.25) is 0 Å². The molecular weight excluding hydrogens is 256 g/mol. The molecule has 2 heteroatoms. The van der Waals surface area contributed by atoms with E-state index in [4.69, 9.17) is 0 Å². The summed E-state index contributed by atoms with van der Waals surface area (Å²) in [4.78, 5) is 2.62. The number of nitrogens with one attached hydrogen (secondary N) is 1. The fourth-order valence-electron chi connectivity index (χ4n) is 3.26. The third kappa shape index (κ3) is 4.47. The molecule has 1 fully saturated rings. The fourth-order valence-corrected chi connectivity index (χ4v) is 3.26. The molecule has 118 valence electrons. The molecule has 2 atom stereocenters. The lowest BCUT2D eigenvalue weighted by molar-refractivity contribution is 0.389. The summed E-state index contributed by atoms with van der Waals surface area (Å²) in [5.41, 5.74) is 4.25. The zero-order valence-electron chi connectivity index (χ0n) is 14.4. The van der Waals surface area contributed by atoms with Crippen LogP contribution < -0.4 is 10.2 Å². The van der Waals surface area contributed by atoms with Gasteiger partial charge < -0.3 is 10.2 Å². The Morgan fingerprint density at radius 2 is 2.00 bits per heavy atom. The summed E-state index contributed by atoms with van der Waals surface area (Å²) >= 11 is 0. The number of hydrogen-bond acceptors (Lipinski definition) is 2. The number of aryl methyl sites for hydroxylation is 1. The van der Waals surface area contributed by atoms with Gasteiger partial charge in [-0.15, -0.1) is 0 Å². The van der Waals surface area contributed by atoms with Crippen LogP contribution in [-0.2, 0) is 6.54 Å². The molecule has 0 bridgehead atoms. The molecule has 1 N–H and O–H groups in total. The lowest BCUT2D eigenvalue weighted by atomic mass is 9.93. The van der Waals surface area contributed by atoms with Gasteiger partial charge in [-0.05, 0) is 56.7 Å². The van der Waals surface area contributed by atoms with Gasteiger partial charge in [0.05, 0.1) is 0 Å². The van der Waals surface area contributed by atoms with E-state index in [0.717, 1.165) is 19.0 Å². The molecule has 1 aliphatic rings. The average molecular weight is 288 g/mol. The molecule has 0 spiro atoms. The van der Waals surface area contributed by atoms with Crippen molar-refractivity contribution in [3.8, 4) is 0 Å². The van der Waals surface area contributed by atoms with E-state index in [-0.39, 0.29) is 0 Å². The van der Waals surface area contributed by atoms with Gasteiger partial charge in [-0.3, -0.25) is 0 Å². The van der Waals surface area contributed by atoms with Crippen molar-refractivity contribution in [1.29, 1.82) is 0 Å². The largest absolute Gasteiger partial charge is 0.368 e. The lowest BCUT2D eigenvalue weighted by Crippen LogP contribution is -2.41. The van der Waals surface area contributed by atoms with Crippen LogP contribution in [0.25, 0.3) is 0 Å². The standard InChI is InChI=1S/C19H32N2/c1-14(2)11-20-12-18-10-15(3)7-9-19(18)21-13-16(4)6-8-17(21)5/h7,9-10,14,16-17,20H,6,8,11-13H2,1-5H3. The highest BCUT2D eigenvalue weighted by atomic mass is 15.2. The van der Waals surface area contributed by atoms with Gasteiger partial charge in [0.1, 0.15) is 0 Å². The maximum absolute atomic E-state index is 3.61. The van der Waals surface area contributed by atoms with Crippen LogP contribution in [0.4, 0.5) is 5.69 Å². The molecule has 2 unspecified atom stereocenters. The molecule has 1 heterocycles. The Morgan fingerprint density at radius 3 is 2.71 bits per heavy atom. The van der Waals surface area contributed by atoms with Crippen molar-refractivity contribution in [2.45, 2.75) is 60.0 Å². The van der Waals surface area contributed by atoms with Crippen LogP contribution in [0, 0.1) is 18.8 Å². The van der Waals surface area contributed by atoms with Crippen LogP contribution in [0.3, 0.4) is 0 Å². The first-order chi connectivity index (χ1) is 9.97. The Bertz CT molecular complexity index is 453. The quantitative estimate of drug-likeness (QED) is 0.865. The Morgan fingerprint density at radius 1 is 1.24 bits per heavy atom. The van der Waals surface area contributed by atoms with Crippen LogP contribution in [0.1, 0.15) is 51.7 Å². The zero-order valence-corrected chi connectivity index (χ0v) is 14.4. The smallest absolute Gasteiger partial charge is 0.0414 e. The summed E-state index contributed by atoms with van der Waals surface area (Å²) in [7, 11) is 0. The molecule has 1 aliphatic heterocycles. The summed E-state index contributed by atoms with van der Waals surface area (Å²) in [5.74, 6) is 1.51. The number of rotatable bonds is 5. The second-order valence-corrected chi connectivity index (χ2v) is 7.34. The third-order valence-electron chi connectivity index (χ3n) is 4.53.